The second-order valence-corrected chi connectivity index (χ2v) is 5.04. The van der Waals surface area contributed by atoms with Crippen LogP contribution in [-0.4, -0.2) is 29.0 Å². The number of nitrogens with zero attached hydrogens (tertiary/aromatic N) is 2. The van der Waals surface area contributed by atoms with Gasteiger partial charge in [-0.25, -0.2) is 9.97 Å². The predicted molar refractivity (Wildman–Crippen MR) is 84.0 cm³/mol. The van der Waals surface area contributed by atoms with Crippen LogP contribution in [0.4, 0.5) is 16.6 Å². The maximum Gasteiger partial charge on any atom is 0.269 e. The first-order valence-electron chi connectivity index (χ1n) is 6.54. The number of aromatic nitrogens is 2. The highest BCUT2D eigenvalue weighted by Crippen LogP contribution is 2.25. The van der Waals surface area contributed by atoms with Crippen LogP contribution in [0.3, 0.4) is 0 Å². The zero-order chi connectivity index (χ0) is 15.2. The van der Waals surface area contributed by atoms with Gasteiger partial charge in [-0.15, -0.1) is 0 Å². The molecule has 0 fully saturated rings. The van der Waals surface area contributed by atoms with Crippen LogP contribution in [0.1, 0.15) is 23.5 Å². The summed E-state index contributed by atoms with van der Waals surface area (Å²) in [6.07, 6.45) is 1.53. The second-order valence-electron chi connectivity index (χ2n) is 4.04. The Bertz CT molecular complexity index is 612. The molecule has 0 unspecified atom stereocenters. The largest absolute Gasteiger partial charge is 0.478 e. The molecule has 0 aliphatic carbocycles. The molecule has 2 heterocycles. The van der Waals surface area contributed by atoms with Gasteiger partial charge in [0.1, 0.15) is 10.7 Å². The van der Waals surface area contributed by atoms with Crippen molar-refractivity contribution < 1.29 is 9.53 Å². The second kappa shape index (κ2) is 6.89. The van der Waals surface area contributed by atoms with Gasteiger partial charge in [0.25, 0.3) is 5.91 Å². The zero-order valence-electron chi connectivity index (χ0n) is 11.8. The first-order chi connectivity index (χ1) is 10.1. The number of rotatable bonds is 6. The summed E-state index contributed by atoms with van der Waals surface area (Å²) in [5.74, 6) is 0.426. The Hall–Kier alpha value is -2.35. The van der Waals surface area contributed by atoms with Crippen molar-refractivity contribution in [3.05, 3.63) is 23.2 Å². The van der Waals surface area contributed by atoms with E-state index in [0.29, 0.717) is 28.2 Å². The van der Waals surface area contributed by atoms with Crippen molar-refractivity contribution >= 4 is 33.9 Å². The lowest BCUT2D eigenvalue weighted by Crippen LogP contribution is -2.12. The van der Waals surface area contributed by atoms with E-state index in [9.17, 15) is 4.79 Å². The van der Waals surface area contributed by atoms with Crippen molar-refractivity contribution in [3.8, 4) is 5.88 Å². The monoisotopic (exact) mass is 307 g/mol. The summed E-state index contributed by atoms with van der Waals surface area (Å²) in [6, 6.07) is 3.41. The maximum atomic E-state index is 12.2. The van der Waals surface area contributed by atoms with Gasteiger partial charge in [-0.05, 0) is 19.9 Å². The standard InChI is InChI=1S/C13H17N5O2S/c1-3-15-13-18-11(14)10(21-13)12(19)17-8-5-6-9(16-7-8)20-4-2/h5-7H,3-4,14H2,1-2H3,(H,15,18)(H,17,19). The van der Waals surface area contributed by atoms with Crippen LogP contribution >= 0.6 is 11.3 Å². The summed E-state index contributed by atoms with van der Waals surface area (Å²) < 4.78 is 5.24. The van der Waals surface area contributed by atoms with Gasteiger partial charge >= 0.3 is 0 Å². The molecule has 0 saturated carbocycles. The van der Waals surface area contributed by atoms with Crippen LogP contribution in [0.15, 0.2) is 18.3 Å². The van der Waals surface area contributed by atoms with Gasteiger partial charge in [-0.1, -0.05) is 11.3 Å². The Morgan fingerprint density at radius 1 is 1.43 bits per heavy atom. The number of nitrogen functional groups attached to an aromatic ring is 1. The summed E-state index contributed by atoms with van der Waals surface area (Å²) in [5.41, 5.74) is 6.32. The van der Waals surface area contributed by atoms with Crippen LogP contribution in [0.25, 0.3) is 0 Å². The van der Waals surface area contributed by atoms with E-state index in [2.05, 4.69) is 20.6 Å². The summed E-state index contributed by atoms with van der Waals surface area (Å²) in [4.78, 5) is 20.7. The molecule has 0 spiro atoms. The average Bonchev–Trinajstić information content (AvgIpc) is 2.83. The highest BCUT2D eigenvalue weighted by molar-refractivity contribution is 7.18. The number of hydrogen-bond acceptors (Lipinski definition) is 7. The summed E-state index contributed by atoms with van der Waals surface area (Å²) in [7, 11) is 0. The molecule has 0 radical (unpaired) electrons. The minimum Gasteiger partial charge on any atom is -0.478 e. The molecule has 8 heteroatoms. The third-order valence-corrected chi connectivity index (χ3v) is 3.50. The highest BCUT2D eigenvalue weighted by atomic mass is 32.1. The molecular weight excluding hydrogens is 290 g/mol. The van der Waals surface area contributed by atoms with E-state index in [1.54, 1.807) is 12.1 Å². The number of ether oxygens (including phenoxy) is 1. The number of carbonyl (C=O) groups excluding carboxylic acids is 1. The molecule has 0 aliphatic heterocycles. The van der Waals surface area contributed by atoms with E-state index in [-0.39, 0.29) is 11.7 Å². The number of pyridine rings is 1. The number of nitrogens with one attached hydrogen (secondary N) is 2. The Morgan fingerprint density at radius 3 is 2.86 bits per heavy atom. The van der Waals surface area contributed by atoms with Gasteiger partial charge in [0.15, 0.2) is 5.13 Å². The Balaban J connectivity index is 2.06. The molecule has 0 atom stereocenters. The fourth-order valence-corrected chi connectivity index (χ4v) is 2.44. The summed E-state index contributed by atoms with van der Waals surface area (Å²) >= 11 is 1.22. The summed E-state index contributed by atoms with van der Waals surface area (Å²) in [6.45, 7) is 5.09. The van der Waals surface area contributed by atoms with Crippen LogP contribution in [-0.2, 0) is 0 Å². The minimum absolute atomic E-state index is 0.215. The molecule has 1 amide bonds. The van der Waals surface area contributed by atoms with Gasteiger partial charge in [-0.2, -0.15) is 0 Å². The lowest BCUT2D eigenvalue weighted by molar-refractivity contribution is 0.103. The molecule has 2 aromatic heterocycles. The fraction of sp³-hybridized carbons (Fsp3) is 0.308. The number of anilines is 3. The van der Waals surface area contributed by atoms with Gasteiger partial charge in [0.05, 0.1) is 18.5 Å². The predicted octanol–water partition coefficient (Wildman–Crippen LogP) is 2.20. The van der Waals surface area contributed by atoms with Crippen LogP contribution in [0, 0.1) is 0 Å². The van der Waals surface area contributed by atoms with Crippen molar-refractivity contribution in [2.45, 2.75) is 13.8 Å². The molecule has 0 bridgehead atoms. The fourth-order valence-electron chi connectivity index (χ4n) is 1.60. The van der Waals surface area contributed by atoms with Crippen LogP contribution < -0.4 is 21.1 Å². The zero-order valence-corrected chi connectivity index (χ0v) is 12.7. The molecule has 112 valence electrons. The van der Waals surface area contributed by atoms with Gasteiger partial charge < -0.3 is 21.1 Å². The SMILES string of the molecule is CCNc1nc(N)c(C(=O)Nc2ccc(OCC)nc2)s1. The quantitative estimate of drug-likeness (QED) is 0.756. The molecule has 0 aromatic carbocycles. The van der Waals surface area contributed by atoms with Gasteiger partial charge in [0.2, 0.25) is 5.88 Å². The lowest BCUT2D eigenvalue weighted by atomic mass is 10.4. The van der Waals surface area contributed by atoms with Crippen LogP contribution in [0.2, 0.25) is 0 Å². The molecule has 7 nitrogen and oxygen atoms in total. The number of hydrogen-bond donors (Lipinski definition) is 3. The molecule has 21 heavy (non-hydrogen) atoms. The molecule has 2 rings (SSSR count). The molecule has 4 N–H and O–H groups in total. The highest BCUT2D eigenvalue weighted by Gasteiger charge is 2.16. The van der Waals surface area contributed by atoms with E-state index < -0.39 is 0 Å². The number of carbonyl (C=O) groups is 1. The number of thiazole rings is 1. The van der Waals surface area contributed by atoms with E-state index in [1.165, 1.54) is 17.5 Å². The van der Waals surface area contributed by atoms with Crippen molar-refractivity contribution in [3.63, 3.8) is 0 Å². The summed E-state index contributed by atoms with van der Waals surface area (Å²) in [5, 5.41) is 6.39. The smallest absolute Gasteiger partial charge is 0.269 e. The molecule has 0 aliphatic rings. The number of amides is 1. The Kier molecular flexibility index (Phi) is 4.94. The van der Waals surface area contributed by atoms with E-state index in [0.717, 1.165) is 6.54 Å². The minimum atomic E-state index is -0.305. The van der Waals surface area contributed by atoms with Gasteiger partial charge in [0, 0.05) is 12.6 Å². The molecular formula is C13H17N5O2S. The van der Waals surface area contributed by atoms with Crippen molar-refractivity contribution in [1.82, 2.24) is 9.97 Å². The van der Waals surface area contributed by atoms with Crippen molar-refractivity contribution in [2.24, 2.45) is 0 Å². The number of nitrogens with two attached hydrogens (primary N) is 1. The average molecular weight is 307 g/mol. The van der Waals surface area contributed by atoms with Crippen molar-refractivity contribution in [1.29, 1.82) is 0 Å². The lowest BCUT2D eigenvalue weighted by Gasteiger charge is -2.05. The van der Waals surface area contributed by atoms with E-state index >= 15 is 0 Å². The first kappa shape index (κ1) is 15.0. The Labute approximate surface area is 126 Å². The third kappa shape index (κ3) is 3.82. The first-order valence-corrected chi connectivity index (χ1v) is 7.36. The van der Waals surface area contributed by atoms with Gasteiger partial charge in [-0.3, -0.25) is 4.79 Å². The molecule has 0 saturated heterocycles. The van der Waals surface area contributed by atoms with Crippen molar-refractivity contribution in [2.75, 3.05) is 29.5 Å². The van der Waals surface area contributed by atoms with Crippen LogP contribution in [0.5, 0.6) is 5.88 Å². The third-order valence-electron chi connectivity index (χ3n) is 2.47. The molecule has 2 aromatic rings. The maximum absolute atomic E-state index is 12.2. The van der Waals surface area contributed by atoms with E-state index in [1.807, 2.05) is 13.8 Å². The van der Waals surface area contributed by atoms with E-state index in [4.69, 9.17) is 10.5 Å². The normalized spacial score (nSPS) is 10.2. The topological polar surface area (TPSA) is 102 Å². The Morgan fingerprint density at radius 2 is 2.24 bits per heavy atom.